The normalized spacial score (nSPS) is 12.9. The predicted octanol–water partition coefficient (Wildman–Crippen LogP) is 6.65. The predicted molar refractivity (Wildman–Crippen MR) is 172 cm³/mol. The fourth-order valence-electron chi connectivity index (χ4n) is 3.46. The molecule has 0 aliphatic carbocycles. The first kappa shape index (κ1) is 35.4. The van der Waals surface area contributed by atoms with Crippen LogP contribution in [0.25, 0.3) is 5.70 Å². The molecule has 0 saturated heterocycles. The topological polar surface area (TPSA) is 81.1 Å². The van der Waals surface area contributed by atoms with E-state index in [2.05, 4.69) is 77.0 Å². The van der Waals surface area contributed by atoms with Crippen molar-refractivity contribution in [2.45, 2.75) is 46.5 Å². The maximum absolute atomic E-state index is 5.81. The molecule has 0 saturated carbocycles. The van der Waals surface area contributed by atoms with E-state index in [1.807, 2.05) is 19.2 Å². The van der Waals surface area contributed by atoms with Crippen molar-refractivity contribution >= 4 is 11.9 Å². The van der Waals surface area contributed by atoms with Crippen LogP contribution in [0.1, 0.15) is 52.1 Å². The maximum atomic E-state index is 5.81. The zero-order valence-corrected chi connectivity index (χ0v) is 25.5. The van der Waals surface area contributed by atoms with Gasteiger partial charge in [-0.15, -0.1) is 0 Å². The van der Waals surface area contributed by atoms with Crippen molar-refractivity contribution in [2.24, 2.45) is 4.99 Å². The highest BCUT2D eigenvalue weighted by Crippen LogP contribution is 2.13. The molecule has 0 bridgehead atoms. The van der Waals surface area contributed by atoms with Crippen molar-refractivity contribution in [2.75, 3.05) is 46.7 Å². The average Bonchev–Trinajstić information content (AvgIpc) is 2.98. The molecule has 0 aliphatic rings. The molecule has 41 heavy (non-hydrogen) atoms. The smallest absolute Gasteiger partial charge is 0.322 e. The molecule has 1 aromatic heterocycles. The average molecular weight is 564 g/mol. The fourth-order valence-corrected chi connectivity index (χ4v) is 3.46. The van der Waals surface area contributed by atoms with E-state index in [1.165, 1.54) is 0 Å². The van der Waals surface area contributed by atoms with Gasteiger partial charge in [0.15, 0.2) is 0 Å². The molecule has 0 amide bonds. The largest absolute Gasteiger partial charge is 0.424 e. The summed E-state index contributed by atoms with van der Waals surface area (Å²) in [6, 6.07) is 1.96. The molecule has 1 N–H and O–H groups in total. The Morgan fingerprint density at radius 2 is 2.05 bits per heavy atom. The van der Waals surface area contributed by atoms with Crippen LogP contribution in [0.5, 0.6) is 6.01 Å². The van der Waals surface area contributed by atoms with Gasteiger partial charge in [-0.25, -0.2) is 4.98 Å². The van der Waals surface area contributed by atoms with Gasteiger partial charge in [-0.2, -0.15) is 4.98 Å². The molecule has 1 aromatic rings. The second-order valence-corrected chi connectivity index (χ2v) is 9.03. The summed E-state index contributed by atoms with van der Waals surface area (Å²) in [6.07, 6.45) is 20.9. The summed E-state index contributed by atoms with van der Waals surface area (Å²) >= 11 is 0. The molecule has 0 radical (unpaired) electrons. The monoisotopic (exact) mass is 563 g/mol. The van der Waals surface area contributed by atoms with E-state index in [9.17, 15) is 0 Å². The van der Waals surface area contributed by atoms with Gasteiger partial charge in [0.05, 0.1) is 37.0 Å². The number of hydrogen-bond donors (Lipinski definition) is 1. The maximum Gasteiger partial charge on any atom is 0.322 e. The summed E-state index contributed by atoms with van der Waals surface area (Å²) in [5.41, 5.74) is 3.20. The van der Waals surface area contributed by atoms with Crippen molar-refractivity contribution in [3.8, 4) is 6.01 Å². The zero-order chi connectivity index (χ0) is 30.1. The Kier molecular flexibility index (Phi) is 20.0. The van der Waals surface area contributed by atoms with Crippen LogP contribution in [0.4, 0.5) is 0 Å². The first-order valence-corrected chi connectivity index (χ1v) is 14.2. The standard InChI is InChI=1S/C33H49N5O3/c1-8-13-14-18-29(26-39-7)20-24-40-23-16-15-22-38(12-5)27-34-25-30(10-3)36-28(6)32-19-21-35-33(37-32)41-31(11-4)17-9-2/h9-11,14,17-21,25,36H,2,4,6,8,12-13,15-16,22-24,26-27H2,1,3,5,7H3/b18-14-,29-20+,30-10+,31-17+,34-25-. The third-order valence-electron chi connectivity index (χ3n) is 5.78. The first-order chi connectivity index (χ1) is 20.0. The molecule has 8 heteroatoms. The molecule has 0 atom stereocenters. The van der Waals surface area contributed by atoms with E-state index in [-0.39, 0.29) is 6.01 Å². The van der Waals surface area contributed by atoms with Gasteiger partial charge in [0.1, 0.15) is 5.76 Å². The Labute approximate surface area is 247 Å². The molecule has 224 valence electrons. The number of hydrogen-bond acceptors (Lipinski definition) is 8. The number of unbranched alkanes of at least 4 members (excludes halogenated alkanes) is 2. The summed E-state index contributed by atoms with van der Waals surface area (Å²) in [5, 5.41) is 3.26. The van der Waals surface area contributed by atoms with Crippen molar-refractivity contribution in [1.29, 1.82) is 0 Å². The molecule has 0 unspecified atom stereocenters. The van der Waals surface area contributed by atoms with Crippen LogP contribution in [0, 0.1) is 0 Å². The number of allylic oxidation sites excluding steroid dienone is 6. The second-order valence-electron chi connectivity index (χ2n) is 9.03. The minimum absolute atomic E-state index is 0.199. The van der Waals surface area contributed by atoms with Gasteiger partial charge < -0.3 is 19.5 Å². The van der Waals surface area contributed by atoms with Gasteiger partial charge in [-0.1, -0.05) is 70.4 Å². The molecule has 0 spiro atoms. The summed E-state index contributed by atoms with van der Waals surface area (Å²) in [7, 11) is 1.72. The van der Waals surface area contributed by atoms with Crippen molar-refractivity contribution in [3.63, 3.8) is 0 Å². The highest BCUT2D eigenvalue weighted by molar-refractivity contribution is 5.81. The molecule has 0 aliphatic heterocycles. The van der Waals surface area contributed by atoms with Gasteiger partial charge in [-0.3, -0.25) is 9.89 Å². The van der Waals surface area contributed by atoms with Crippen LogP contribution in [0.3, 0.4) is 0 Å². The number of aromatic nitrogens is 2. The van der Waals surface area contributed by atoms with Crippen LogP contribution >= 0.6 is 0 Å². The lowest BCUT2D eigenvalue weighted by Gasteiger charge is -2.18. The Balaban J connectivity index is 2.47. The second kappa shape index (κ2) is 23.1. The summed E-state index contributed by atoms with van der Waals surface area (Å²) < 4.78 is 16.7. The molecule has 1 rings (SSSR count). The summed E-state index contributed by atoms with van der Waals surface area (Å²) in [4.78, 5) is 15.5. The molecular formula is C33H49N5O3. The fraction of sp³-hybridized carbons (Fsp3) is 0.424. The Morgan fingerprint density at radius 3 is 2.73 bits per heavy atom. The van der Waals surface area contributed by atoms with Gasteiger partial charge in [-0.05, 0) is 63.1 Å². The van der Waals surface area contributed by atoms with E-state index in [4.69, 9.17) is 14.2 Å². The highest BCUT2D eigenvalue weighted by atomic mass is 16.5. The lowest BCUT2D eigenvalue weighted by atomic mass is 10.2. The number of rotatable bonds is 23. The number of nitrogens with zero attached hydrogens (tertiary/aromatic N) is 4. The molecule has 1 heterocycles. The molecule has 0 fully saturated rings. The van der Waals surface area contributed by atoms with E-state index in [0.717, 1.165) is 56.6 Å². The molecule has 8 nitrogen and oxygen atoms in total. The lowest BCUT2D eigenvalue weighted by Crippen LogP contribution is -2.25. The van der Waals surface area contributed by atoms with Crippen LogP contribution < -0.4 is 10.1 Å². The lowest BCUT2D eigenvalue weighted by molar-refractivity contribution is 0.151. The van der Waals surface area contributed by atoms with Gasteiger partial charge in [0, 0.05) is 26.1 Å². The van der Waals surface area contributed by atoms with Crippen LogP contribution in [-0.4, -0.2) is 67.8 Å². The zero-order valence-electron chi connectivity index (χ0n) is 25.5. The minimum atomic E-state index is 0.199. The highest BCUT2D eigenvalue weighted by Gasteiger charge is 2.07. The van der Waals surface area contributed by atoms with E-state index in [1.54, 1.807) is 37.6 Å². The van der Waals surface area contributed by atoms with Crippen LogP contribution in [0.2, 0.25) is 0 Å². The van der Waals surface area contributed by atoms with E-state index >= 15 is 0 Å². The summed E-state index contributed by atoms with van der Waals surface area (Å²) in [6.45, 7) is 22.2. The Bertz CT molecular complexity index is 1070. The van der Waals surface area contributed by atoms with Gasteiger partial charge >= 0.3 is 6.01 Å². The third kappa shape index (κ3) is 16.3. The molecule has 0 aromatic carbocycles. The van der Waals surface area contributed by atoms with Crippen molar-refractivity contribution in [1.82, 2.24) is 20.2 Å². The number of methoxy groups -OCH3 is 1. The Hall–Kier alpha value is -3.59. The molecular weight excluding hydrogens is 514 g/mol. The SMILES string of the molecule is C=C/C=C(\C=C)Oc1nccc(C(=C)NC(/C=N\CN(CC)CCCCOC/C=C(\C=C/CCC)COC)=C/C)n1. The van der Waals surface area contributed by atoms with Crippen molar-refractivity contribution < 1.29 is 14.2 Å². The van der Waals surface area contributed by atoms with Crippen LogP contribution in [-0.2, 0) is 9.47 Å². The van der Waals surface area contributed by atoms with Gasteiger partial charge in [0.2, 0.25) is 0 Å². The minimum Gasteiger partial charge on any atom is -0.424 e. The van der Waals surface area contributed by atoms with Crippen LogP contribution in [0.15, 0.2) is 96.6 Å². The Morgan fingerprint density at radius 1 is 1.22 bits per heavy atom. The third-order valence-corrected chi connectivity index (χ3v) is 5.78. The van der Waals surface area contributed by atoms with E-state index < -0.39 is 0 Å². The van der Waals surface area contributed by atoms with Gasteiger partial charge in [0.25, 0.3) is 0 Å². The van der Waals surface area contributed by atoms with Crippen molar-refractivity contribution in [3.05, 3.63) is 97.3 Å². The number of aliphatic imine (C=N–C) groups is 1. The quantitative estimate of drug-likeness (QED) is 0.0691. The summed E-state index contributed by atoms with van der Waals surface area (Å²) in [5.74, 6) is 0.504. The number of ether oxygens (including phenoxy) is 3. The first-order valence-electron chi connectivity index (χ1n) is 14.2. The number of nitrogens with one attached hydrogen (secondary N) is 1. The van der Waals surface area contributed by atoms with E-state index in [0.29, 0.717) is 37.0 Å².